The normalized spacial score (nSPS) is 9.76. The Kier molecular flexibility index (Phi) is 4.53. The molecule has 2 amide bonds. The van der Waals surface area contributed by atoms with Crippen LogP contribution in [0.4, 0.5) is 5.13 Å². The molecular formula is C9H12N4O2S2. The molecule has 1 aromatic rings. The number of anilines is 1. The zero-order valence-electron chi connectivity index (χ0n) is 9.36. The van der Waals surface area contributed by atoms with Crippen molar-refractivity contribution >= 4 is 45.5 Å². The van der Waals surface area contributed by atoms with Crippen LogP contribution in [0.3, 0.4) is 0 Å². The SMILES string of the molecule is Cc1nc(NC(=O)C(=O)NCC(N)=S)sc1C. The molecule has 0 unspecified atom stereocenters. The van der Waals surface area contributed by atoms with Gasteiger partial charge in [0, 0.05) is 4.88 Å². The van der Waals surface area contributed by atoms with Crippen LogP contribution >= 0.6 is 23.6 Å². The maximum absolute atomic E-state index is 11.4. The Hall–Kier alpha value is -1.54. The molecule has 4 N–H and O–H groups in total. The topological polar surface area (TPSA) is 97.1 Å². The average molecular weight is 272 g/mol. The highest BCUT2D eigenvalue weighted by atomic mass is 32.1. The summed E-state index contributed by atoms with van der Waals surface area (Å²) in [5, 5.41) is 5.08. The molecule has 0 aromatic carbocycles. The highest BCUT2D eigenvalue weighted by Gasteiger charge is 2.15. The lowest BCUT2D eigenvalue weighted by Crippen LogP contribution is -2.39. The van der Waals surface area contributed by atoms with Crippen LogP contribution in [0.25, 0.3) is 0 Å². The van der Waals surface area contributed by atoms with Gasteiger partial charge >= 0.3 is 11.8 Å². The maximum Gasteiger partial charge on any atom is 0.315 e. The Morgan fingerprint density at radius 2 is 2.06 bits per heavy atom. The van der Waals surface area contributed by atoms with E-state index in [9.17, 15) is 9.59 Å². The lowest BCUT2D eigenvalue weighted by atomic mass is 10.4. The van der Waals surface area contributed by atoms with Gasteiger partial charge in [0.15, 0.2) is 5.13 Å². The zero-order chi connectivity index (χ0) is 13.0. The largest absolute Gasteiger partial charge is 0.392 e. The summed E-state index contributed by atoms with van der Waals surface area (Å²) < 4.78 is 0. The number of aryl methyl sites for hydroxylation is 2. The van der Waals surface area contributed by atoms with Gasteiger partial charge in [0.2, 0.25) is 0 Å². The van der Waals surface area contributed by atoms with E-state index < -0.39 is 11.8 Å². The standard InChI is InChI=1S/C9H12N4O2S2/c1-4-5(2)17-9(12-4)13-8(15)7(14)11-3-6(10)16/h3H2,1-2H3,(H2,10,16)(H,11,14)(H,12,13,15). The van der Waals surface area contributed by atoms with Gasteiger partial charge in [-0.05, 0) is 13.8 Å². The summed E-state index contributed by atoms with van der Waals surface area (Å²) >= 11 is 5.88. The summed E-state index contributed by atoms with van der Waals surface area (Å²) in [7, 11) is 0. The van der Waals surface area contributed by atoms with Crippen LogP contribution in [-0.2, 0) is 9.59 Å². The number of amides is 2. The number of nitrogens with one attached hydrogen (secondary N) is 2. The van der Waals surface area contributed by atoms with Crippen molar-refractivity contribution in [3.8, 4) is 0 Å². The molecule has 8 heteroatoms. The first kappa shape index (κ1) is 13.5. The Morgan fingerprint density at radius 3 is 2.53 bits per heavy atom. The van der Waals surface area contributed by atoms with Crippen LogP contribution < -0.4 is 16.4 Å². The number of hydrogen-bond donors (Lipinski definition) is 3. The molecule has 0 aliphatic rings. The van der Waals surface area contributed by atoms with E-state index in [1.807, 2.05) is 13.8 Å². The molecule has 1 aromatic heterocycles. The minimum Gasteiger partial charge on any atom is -0.392 e. The molecule has 0 atom stereocenters. The minimum atomic E-state index is -0.789. The van der Waals surface area contributed by atoms with Crippen LogP contribution in [0.1, 0.15) is 10.6 Å². The molecule has 0 spiro atoms. The Bertz CT molecular complexity index is 450. The van der Waals surface area contributed by atoms with E-state index in [0.717, 1.165) is 10.6 Å². The quantitative estimate of drug-likeness (QED) is 0.535. The van der Waals surface area contributed by atoms with E-state index >= 15 is 0 Å². The summed E-state index contributed by atoms with van der Waals surface area (Å²) in [4.78, 5) is 27.9. The predicted octanol–water partition coefficient (Wildman–Crippen LogP) is 0.101. The first-order valence-electron chi connectivity index (χ1n) is 4.71. The number of hydrogen-bond acceptors (Lipinski definition) is 5. The molecule has 1 rings (SSSR count). The number of carbonyl (C=O) groups excluding carboxylic acids is 2. The predicted molar refractivity (Wildman–Crippen MR) is 70.0 cm³/mol. The van der Waals surface area contributed by atoms with E-state index in [2.05, 4.69) is 27.8 Å². The van der Waals surface area contributed by atoms with Gasteiger partial charge in [-0.1, -0.05) is 12.2 Å². The van der Waals surface area contributed by atoms with E-state index in [1.165, 1.54) is 11.3 Å². The summed E-state index contributed by atoms with van der Waals surface area (Å²) in [5.74, 6) is -1.57. The molecule has 0 bridgehead atoms. The molecule has 0 aliphatic carbocycles. The summed E-state index contributed by atoms with van der Waals surface area (Å²) in [6, 6.07) is 0. The maximum atomic E-state index is 11.4. The smallest absolute Gasteiger partial charge is 0.315 e. The number of carbonyl (C=O) groups is 2. The second kappa shape index (κ2) is 5.69. The van der Waals surface area contributed by atoms with Gasteiger partial charge in [0.1, 0.15) is 0 Å². The first-order chi connectivity index (χ1) is 7.90. The Balaban J connectivity index is 2.54. The number of rotatable bonds is 3. The molecule has 0 radical (unpaired) electrons. The van der Waals surface area contributed by atoms with Crippen LogP contribution in [-0.4, -0.2) is 28.3 Å². The van der Waals surface area contributed by atoms with E-state index in [1.54, 1.807) is 0 Å². The average Bonchev–Trinajstić information content (AvgIpc) is 2.54. The second-order valence-corrected chi connectivity index (χ2v) is 4.99. The number of nitrogens with zero attached hydrogens (tertiary/aromatic N) is 1. The number of aromatic nitrogens is 1. The van der Waals surface area contributed by atoms with Gasteiger partial charge in [-0.2, -0.15) is 0 Å². The van der Waals surface area contributed by atoms with Crippen molar-refractivity contribution < 1.29 is 9.59 Å². The van der Waals surface area contributed by atoms with Gasteiger partial charge in [-0.15, -0.1) is 11.3 Å². The first-order valence-corrected chi connectivity index (χ1v) is 5.94. The Morgan fingerprint density at radius 1 is 1.41 bits per heavy atom. The molecule has 0 aliphatic heterocycles. The highest BCUT2D eigenvalue weighted by molar-refractivity contribution is 7.80. The monoisotopic (exact) mass is 272 g/mol. The Labute approximate surface area is 108 Å². The second-order valence-electron chi connectivity index (χ2n) is 3.26. The third kappa shape index (κ3) is 4.08. The van der Waals surface area contributed by atoms with Crippen molar-refractivity contribution in [1.82, 2.24) is 10.3 Å². The van der Waals surface area contributed by atoms with Crippen molar-refractivity contribution in [2.24, 2.45) is 5.73 Å². The van der Waals surface area contributed by atoms with Crippen molar-refractivity contribution in [2.45, 2.75) is 13.8 Å². The van der Waals surface area contributed by atoms with Crippen molar-refractivity contribution in [3.63, 3.8) is 0 Å². The molecule has 0 saturated heterocycles. The van der Waals surface area contributed by atoms with Gasteiger partial charge in [0.05, 0.1) is 17.2 Å². The van der Waals surface area contributed by atoms with Crippen molar-refractivity contribution in [2.75, 3.05) is 11.9 Å². The van der Waals surface area contributed by atoms with Gasteiger partial charge in [-0.3, -0.25) is 14.9 Å². The molecule has 0 fully saturated rings. The third-order valence-corrected chi connectivity index (χ3v) is 3.01. The van der Waals surface area contributed by atoms with E-state index in [0.29, 0.717) is 5.13 Å². The molecule has 92 valence electrons. The summed E-state index contributed by atoms with van der Waals surface area (Å²) in [6.45, 7) is 3.71. The molecule has 0 saturated carbocycles. The fourth-order valence-electron chi connectivity index (χ4n) is 0.928. The fourth-order valence-corrected chi connectivity index (χ4v) is 1.81. The lowest BCUT2D eigenvalue weighted by Gasteiger charge is -2.02. The molecule has 17 heavy (non-hydrogen) atoms. The summed E-state index contributed by atoms with van der Waals surface area (Å²) in [6.07, 6.45) is 0. The van der Waals surface area contributed by atoms with Gasteiger partial charge < -0.3 is 11.1 Å². The highest BCUT2D eigenvalue weighted by Crippen LogP contribution is 2.20. The van der Waals surface area contributed by atoms with Crippen molar-refractivity contribution in [1.29, 1.82) is 0 Å². The van der Waals surface area contributed by atoms with Crippen LogP contribution in [0.2, 0.25) is 0 Å². The fraction of sp³-hybridized carbons (Fsp3) is 0.333. The number of nitrogens with two attached hydrogens (primary N) is 1. The number of thiocarbonyl (C=S) groups is 1. The van der Waals surface area contributed by atoms with Gasteiger partial charge in [-0.25, -0.2) is 4.98 Å². The molecule has 6 nitrogen and oxygen atoms in total. The number of thiazole rings is 1. The van der Waals surface area contributed by atoms with E-state index in [-0.39, 0.29) is 11.5 Å². The third-order valence-electron chi connectivity index (χ3n) is 1.88. The molecular weight excluding hydrogens is 260 g/mol. The van der Waals surface area contributed by atoms with Crippen LogP contribution in [0.15, 0.2) is 0 Å². The zero-order valence-corrected chi connectivity index (χ0v) is 11.0. The van der Waals surface area contributed by atoms with E-state index in [4.69, 9.17) is 5.73 Å². The van der Waals surface area contributed by atoms with Gasteiger partial charge in [0.25, 0.3) is 0 Å². The van der Waals surface area contributed by atoms with Crippen LogP contribution in [0, 0.1) is 13.8 Å². The summed E-state index contributed by atoms with van der Waals surface area (Å²) in [5.41, 5.74) is 6.02. The van der Waals surface area contributed by atoms with Crippen LogP contribution in [0.5, 0.6) is 0 Å². The van der Waals surface area contributed by atoms with Crippen molar-refractivity contribution in [3.05, 3.63) is 10.6 Å². The molecule has 1 heterocycles. The lowest BCUT2D eigenvalue weighted by molar-refractivity contribution is -0.135. The minimum absolute atomic E-state index is 0.00247.